The fourth-order valence-corrected chi connectivity index (χ4v) is 1.43. The Kier molecular flexibility index (Phi) is 3.47. The van der Waals surface area contributed by atoms with Crippen molar-refractivity contribution in [2.24, 2.45) is 0 Å². The molecule has 1 unspecified atom stereocenters. The lowest BCUT2D eigenvalue weighted by atomic mass is 10.1. The molecule has 0 aliphatic rings. The largest absolute Gasteiger partial charge is 0.369 e. The summed E-state index contributed by atoms with van der Waals surface area (Å²) in [4.78, 5) is 14.5. The molecule has 4 nitrogen and oxygen atoms in total. The minimum absolute atomic E-state index is 0.582. The Labute approximate surface area is 98.9 Å². The van der Waals surface area contributed by atoms with E-state index in [0.29, 0.717) is 16.9 Å². The molecule has 0 spiro atoms. The van der Waals surface area contributed by atoms with Gasteiger partial charge in [0.25, 0.3) is 0 Å². The van der Waals surface area contributed by atoms with Crippen LogP contribution in [0.4, 0.5) is 5.82 Å². The average molecular weight is 228 g/mol. The maximum absolute atomic E-state index is 10.5. The Morgan fingerprint density at radius 2 is 1.94 bits per heavy atom. The van der Waals surface area contributed by atoms with E-state index in [4.69, 9.17) is 0 Å². The van der Waals surface area contributed by atoms with Gasteiger partial charge >= 0.3 is 0 Å². The lowest BCUT2D eigenvalue weighted by Crippen LogP contribution is -2.10. The van der Waals surface area contributed by atoms with E-state index in [9.17, 15) is 9.90 Å². The van der Waals surface area contributed by atoms with Crippen molar-refractivity contribution in [1.82, 2.24) is 4.98 Å². The van der Waals surface area contributed by atoms with Crippen molar-refractivity contribution in [2.45, 2.75) is 6.23 Å². The van der Waals surface area contributed by atoms with E-state index >= 15 is 0 Å². The fraction of sp³-hybridized carbons (Fsp3) is 0.0769. The Morgan fingerprint density at radius 3 is 2.53 bits per heavy atom. The summed E-state index contributed by atoms with van der Waals surface area (Å²) in [5, 5.41) is 12.7. The molecule has 0 aliphatic heterocycles. The molecule has 2 rings (SSSR count). The maximum Gasteiger partial charge on any atom is 0.151 e. The number of hydrogen-bond donors (Lipinski definition) is 2. The average Bonchev–Trinajstić information content (AvgIpc) is 2.40. The lowest BCUT2D eigenvalue weighted by molar-refractivity contribution is 0.112. The summed E-state index contributed by atoms with van der Waals surface area (Å²) >= 11 is 0. The normalized spacial score (nSPS) is 11.8. The van der Waals surface area contributed by atoms with Crippen LogP contribution in [0.25, 0.3) is 0 Å². The highest BCUT2D eigenvalue weighted by Gasteiger charge is 2.06. The van der Waals surface area contributed by atoms with Gasteiger partial charge < -0.3 is 10.4 Å². The van der Waals surface area contributed by atoms with Gasteiger partial charge in [0.15, 0.2) is 6.23 Å². The molecule has 0 fully saturated rings. The smallest absolute Gasteiger partial charge is 0.151 e. The number of rotatable bonds is 4. The number of aliphatic hydroxyl groups is 1. The number of hydrogen-bond acceptors (Lipinski definition) is 4. The van der Waals surface area contributed by atoms with Crippen molar-refractivity contribution in [3.05, 3.63) is 59.8 Å². The monoisotopic (exact) mass is 228 g/mol. The Morgan fingerprint density at radius 1 is 1.18 bits per heavy atom. The number of carbonyl (C=O) groups is 1. The van der Waals surface area contributed by atoms with Crippen LogP contribution in [0.5, 0.6) is 0 Å². The number of aliphatic hydroxyl groups excluding tert-OH is 1. The van der Waals surface area contributed by atoms with Crippen molar-refractivity contribution >= 4 is 12.1 Å². The minimum Gasteiger partial charge on any atom is -0.369 e. The zero-order chi connectivity index (χ0) is 12.1. The molecule has 17 heavy (non-hydrogen) atoms. The van der Waals surface area contributed by atoms with Gasteiger partial charge in [0.05, 0.1) is 0 Å². The minimum atomic E-state index is -0.842. The molecule has 0 saturated carbocycles. The van der Waals surface area contributed by atoms with E-state index in [2.05, 4.69) is 10.3 Å². The number of benzene rings is 1. The quantitative estimate of drug-likeness (QED) is 0.620. The first-order valence-electron chi connectivity index (χ1n) is 5.20. The van der Waals surface area contributed by atoms with Gasteiger partial charge in [-0.3, -0.25) is 4.79 Å². The molecular weight excluding hydrogens is 216 g/mol. The Balaban J connectivity index is 2.09. The van der Waals surface area contributed by atoms with Gasteiger partial charge in [-0.15, -0.1) is 0 Å². The molecule has 1 aromatic carbocycles. The predicted molar refractivity (Wildman–Crippen MR) is 64.6 cm³/mol. The number of aldehydes is 1. The molecule has 2 aromatic rings. The molecule has 2 N–H and O–H groups in total. The summed E-state index contributed by atoms with van der Waals surface area (Å²) in [5.74, 6) is 0.597. The van der Waals surface area contributed by atoms with Crippen LogP contribution < -0.4 is 5.32 Å². The standard InChI is InChI=1S/C13H12N2O2/c16-9-10-4-6-11(7-5-10)13(17)15-12-3-1-2-8-14-12/h1-9,13,17H,(H,14,15). The van der Waals surface area contributed by atoms with Gasteiger partial charge in [-0.25, -0.2) is 4.98 Å². The zero-order valence-electron chi connectivity index (χ0n) is 9.08. The number of pyridine rings is 1. The summed E-state index contributed by atoms with van der Waals surface area (Å²) in [6, 6.07) is 12.1. The van der Waals surface area contributed by atoms with Crippen molar-refractivity contribution < 1.29 is 9.90 Å². The lowest BCUT2D eigenvalue weighted by Gasteiger charge is -2.13. The topological polar surface area (TPSA) is 62.2 Å². The summed E-state index contributed by atoms with van der Waals surface area (Å²) in [7, 11) is 0. The van der Waals surface area contributed by atoms with E-state index in [0.717, 1.165) is 6.29 Å². The maximum atomic E-state index is 10.5. The van der Waals surface area contributed by atoms with Crippen LogP contribution in [-0.2, 0) is 0 Å². The molecule has 1 heterocycles. The first-order chi connectivity index (χ1) is 8.29. The molecule has 86 valence electrons. The third-order valence-electron chi connectivity index (χ3n) is 2.34. The van der Waals surface area contributed by atoms with E-state index in [1.165, 1.54) is 0 Å². The van der Waals surface area contributed by atoms with Crippen LogP contribution in [0.1, 0.15) is 22.1 Å². The second-order valence-corrected chi connectivity index (χ2v) is 3.55. The van der Waals surface area contributed by atoms with E-state index in [-0.39, 0.29) is 0 Å². The Bertz CT molecular complexity index is 483. The number of nitrogens with one attached hydrogen (secondary N) is 1. The van der Waals surface area contributed by atoms with Gasteiger partial charge in [-0.2, -0.15) is 0 Å². The molecule has 1 aromatic heterocycles. The first-order valence-corrected chi connectivity index (χ1v) is 5.20. The molecule has 0 bridgehead atoms. The first kappa shape index (κ1) is 11.3. The van der Waals surface area contributed by atoms with Crippen molar-refractivity contribution in [1.29, 1.82) is 0 Å². The van der Waals surface area contributed by atoms with Crippen molar-refractivity contribution in [2.75, 3.05) is 5.32 Å². The SMILES string of the molecule is O=Cc1ccc(C(O)Nc2ccccn2)cc1. The highest BCUT2D eigenvalue weighted by Crippen LogP contribution is 2.15. The summed E-state index contributed by atoms with van der Waals surface area (Å²) < 4.78 is 0. The third-order valence-corrected chi connectivity index (χ3v) is 2.34. The second-order valence-electron chi connectivity index (χ2n) is 3.55. The van der Waals surface area contributed by atoms with Gasteiger partial charge in [-0.05, 0) is 12.1 Å². The van der Waals surface area contributed by atoms with Gasteiger partial charge in [-0.1, -0.05) is 30.3 Å². The number of carbonyl (C=O) groups excluding carboxylic acids is 1. The van der Waals surface area contributed by atoms with Crippen LogP contribution in [-0.4, -0.2) is 16.4 Å². The second kappa shape index (κ2) is 5.23. The summed E-state index contributed by atoms with van der Waals surface area (Å²) in [6.07, 6.45) is 1.57. The number of aromatic nitrogens is 1. The molecule has 4 heteroatoms. The highest BCUT2D eigenvalue weighted by atomic mass is 16.3. The zero-order valence-corrected chi connectivity index (χ0v) is 9.08. The number of nitrogens with zero attached hydrogens (tertiary/aromatic N) is 1. The van der Waals surface area contributed by atoms with Crippen LogP contribution in [0.15, 0.2) is 48.7 Å². The summed E-state index contributed by atoms with van der Waals surface area (Å²) in [5.41, 5.74) is 1.26. The van der Waals surface area contributed by atoms with Crippen LogP contribution >= 0.6 is 0 Å². The molecule has 0 radical (unpaired) electrons. The fourth-order valence-electron chi connectivity index (χ4n) is 1.43. The molecular formula is C13H12N2O2. The summed E-state index contributed by atoms with van der Waals surface area (Å²) in [6.45, 7) is 0. The van der Waals surface area contributed by atoms with Crippen LogP contribution in [0.3, 0.4) is 0 Å². The Hall–Kier alpha value is -2.20. The van der Waals surface area contributed by atoms with Gasteiger partial charge in [0, 0.05) is 17.3 Å². The number of anilines is 1. The molecule has 0 saturated heterocycles. The predicted octanol–water partition coefficient (Wildman–Crippen LogP) is 2.00. The van der Waals surface area contributed by atoms with Crippen LogP contribution in [0, 0.1) is 0 Å². The molecule has 0 aliphatic carbocycles. The van der Waals surface area contributed by atoms with Gasteiger partial charge in [0.2, 0.25) is 0 Å². The molecule has 1 atom stereocenters. The van der Waals surface area contributed by atoms with Crippen molar-refractivity contribution in [3.63, 3.8) is 0 Å². The van der Waals surface area contributed by atoms with Crippen LogP contribution in [0.2, 0.25) is 0 Å². The third kappa shape index (κ3) is 2.89. The van der Waals surface area contributed by atoms with Gasteiger partial charge in [0.1, 0.15) is 12.1 Å². The van der Waals surface area contributed by atoms with E-state index < -0.39 is 6.23 Å². The molecule has 0 amide bonds. The van der Waals surface area contributed by atoms with Crippen molar-refractivity contribution in [3.8, 4) is 0 Å². The van der Waals surface area contributed by atoms with E-state index in [1.807, 2.05) is 6.07 Å². The highest BCUT2D eigenvalue weighted by molar-refractivity contribution is 5.74. The van der Waals surface area contributed by atoms with E-state index in [1.54, 1.807) is 42.6 Å².